The Kier molecular flexibility index (Phi) is 4.50. The van der Waals surface area contributed by atoms with E-state index in [0.29, 0.717) is 11.5 Å². The number of nitrogens with zero attached hydrogens (tertiary/aromatic N) is 1. The third-order valence-corrected chi connectivity index (χ3v) is 4.98. The fraction of sp³-hybridized carbons (Fsp3) is 0.500. The van der Waals surface area contributed by atoms with Gasteiger partial charge in [-0.15, -0.1) is 0 Å². The molecule has 6 heteroatoms. The van der Waals surface area contributed by atoms with Crippen molar-refractivity contribution in [1.29, 1.82) is 0 Å². The molecule has 1 heterocycles. The molecule has 2 rings (SSSR count). The number of benzene rings is 1. The van der Waals surface area contributed by atoms with Crippen molar-refractivity contribution >= 4 is 39.1 Å². The molecule has 0 aliphatic carbocycles. The van der Waals surface area contributed by atoms with E-state index >= 15 is 0 Å². The van der Waals surface area contributed by atoms with E-state index < -0.39 is 0 Å². The number of thioether (sulfide) groups is 1. The Morgan fingerprint density at radius 3 is 3.00 bits per heavy atom. The minimum absolute atomic E-state index is 0.168. The average Bonchev–Trinajstić information content (AvgIpc) is 2.80. The molecule has 0 aromatic heterocycles. The Morgan fingerprint density at radius 1 is 1.61 bits per heavy atom. The van der Waals surface area contributed by atoms with Gasteiger partial charge < -0.3 is 5.32 Å². The highest BCUT2D eigenvalue weighted by atomic mass is 79.9. The predicted molar refractivity (Wildman–Crippen MR) is 79.5 cm³/mol. The van der Waals surface area contributed by atoms with Crippen molar-refractivity contribution in [3.05, 3.63) is 32.3 Å². The topological polar surface area (TPSA) is 55.2 Å². The van der Waals surface area contributed by atoms with E-state index in [4.69, 9.17) is 0 Å². The molecule has 1 atom stereocenters. The second-order valence-corrected chi connectivity index (χ2v) is 6.49. The first-order valence-electron chi connectivity index (χ1n) is 5.84. The molecule has 18 heavy (non-hydrogen) atoms. The van der Waals surface area contributed by atoms with Crippen LogP contribution in [0.25, 0.3) is 0 Å². The number of nitro benzene ring substituents is 1. The summed E-state index contributed by atoms with van der Waals surface area (Å²) in [4.78, 5) is 10.6. The Morgan fingerprint density at radius 2 is 2.39 bits per heavy atom. The Hall–Kier alpha value is -0.750. The highest BCUT2D eigenvalue weighted by Gasteiger charge is 2.17. The maximum absolute atomic E-state index is 10.9. The number of aryl methyl sites for hydroxylation is 1. The lowest BCUT2D eigenvalue weighted by molar-refractivity contribution is -0.385. The summed E-state index contributed by atoms with van der Waals surface area (Å²) in [5.74, 6) is 3.07. The van der Waals surface area contributed by atoms with Crippen LogP contribution >= 0.6 is 27.7 Å². The van der Waals surface area contributed by atoms with Gasteiger partial charge in [0.2, 0.25) is 0 Å². The van der Waals surface area contributed by atoms with Crippen molar-refractivity contribution in [1.82, 2.24) is 0 Å². The van der Waals surface area contributed by atoms with Crippen LogP contribution in [0, 0.1) is 23.0 Å². The highest BCUT2D eigenvalue weighted by Crippen LogP contribution is 2.31. The van der Waals surface area contributed by atoms with E-state index in [9.17, 15) is 10.1 Å². The minimum atomic E-state index is -0.335. The van der Waals surface area contributed by atoms with Crippen LogP contribution in [0.15, 0.2) is 16.6 Å². The lowest BCUT2D eigenvalue weighted by Gasteiger charge is -2.13. The summed E-state index contributed by atoms with van der Waals surface area (Å²) in [6.07, 6.45) is 1.23. The molecule has 0 amide bonds. The Balaban J connectivity index is 2.11. The van der Waals surface area contributed by atoms with Crippen molar-refractivity contribution in [3.63, 3.8) is 0 Å². The van der Waals surface area contributed by atoms with E-state index in [0.717, 1.165) is 16.7 Å². The Bertz CT molecular complexity index is 462. The maximum atomic E-state index is 10.9. The molecule has 1 saturated heterocycles. The number of nitro groups is 1. The second kappa shape index (κ2) is 5.93. The number of rotatable bonds is 4. The van der Waals surface area contributed by atoms with E-state index in [1.54, 1.807) is 19.1 Å². The van der Waals surface area contributed by atoms with Crippen LogP contribution in [-0.2, 0) is 0 Å². The minimum Gasteiger partial charge on any atom is -0.384 e. The molecule has 0 radical (unpaired) electrons. The maximum Gasteiger partial charge on any atom is 0.274 e. The summed E-state index contributed by atoms with van der Waals surface area (Å²) in [6.45, 7) is 2.63. The number of halogens is 1. The second-order valence-electron chi connectivity index (χ2n) is 4.49. The molecule has 98 valence electrons. The number of nitrogens with one attached hydrogen (secondary N) is 1. The van der Waals surface area contributed by atoms with Gasteiger partial charge in [0, 0.05) is 22.6 Å². The van der Waals surface area contributed by atoms with Gasteiger partial charge in [-0.2, -0.15) is 11.8 Å². The van der Waals surface area contributed by atoms with Crippen LogP contribution < -0.4 is 5.32 Å². The molecule has 1 unspecified atom stereocenters. The quantitative estimate of drug-likeness (QED) is 0.673. The van der Waals surface area contributed by atoms with Gasteiger partial charge in [-0.05, 0) is 52.8 Å². The molecule has 4 nitrogen and oxygen atoms in total. The van der Waals surface area contributed by atoms with Crippen LogP contribution in [0.5, 0.6) is 0 Å². The van der Waals surface area contributed by atoms with Gasteiger partial charge in [0.1, 0.15) is 0 Å². The lowest BCUT2D eigenvalue weighted by Crippen LogP contribution is -2.14. The monoisotopic (exact) mass is 330 g/mol. The fourth-order valence-electron chi connectivity index (χ4n) is 1.99. The van der Waals surface area contributed by atoms with Crippen molar-refractivity contribution in [3.8, 4) is 0 Å². The zero-order valence-corrected chi connectivity index (χ0v) is 12.5. The number of hydrogen-bond donors (Lipinski definition) is 1. The summed E-state index contributed by atoms with van der Waals surface area (Å²) in [7, 11) is 0. The van der Waals surface area contributed by atoms with Gasteiger partial charge in [0.15, 0.2) is 0 Å². The first-order valence-corrected chi connectivity index (χ1v) is 7.79. The van der Waals surface area contributed by atoms with Gasteiger partial charge in [-0.25, -0.2) is 0 Å². The first-order chi connectivity index (χ1) is 8.58. The SMILES string of the molecule is Cc1cc(Br)c(NCC2CCSC2)cc1[N+](=O)[O-]. The lowest BCUT2D eigenvalue weighted by atomic mass is 10.1. The molecule has 1 aromatic carbocycles. The van der Waals surface area contributed by atoms with Gasteiger partial charge in [-0.1, -0.05) is 0 Å². The standard InChI is InChI=1S/C12H15BrN2O2S/c1-8-4-10(13)11(5-12(8)15(16)17)14-6-9-2-3-18-7-9/h4-5,9,14H,2-3,6-7H2,1H3. The summed E-state index contributed by atoms with van der Waals surface area (Å²) in [5.41, 5.74) is 1.65. The number of anilines is 1. The van der Waals surface area contributed by atoms with Crippen LogP contribution in [0.4, 0.5) is 11.4 Å². The molecular formula is C12H15BrN2O2S. The molecule has 0 spiro atoms. The molecule has 0 bridgehead atoms. The third-order valence-electron chi connectivity index (χ3n) is 3.09. The zero-order valence-electron chi connectivity index (χ0n) is 10.1. The molecule has 1 fully saturated rings. The van der Waals surface area contributed by atoms with Gasteiger partial charge >= 0.3 is 0 Å². The summed E-state index contributed by atoms with van der Waals surface area (Å²) < 4.78 is 0.885. The Labute approximate surface area is 119 Å². The largest absolute Gasteiger partial charge is 0.384 e. The summed E-state index contributed by atoms with van der Waals surface area (Å²) in [5, 5.41) is 14.2. The zero-order chi connectivity index (χ0) is 13.1. The van der Waals surface area contributed by atoms with Crippen molar-refractivity contribution in [2.45, 2.75) is 13.3 Å². The first kappa shape index (κ1) is 13.7. The van der Waals surface area contributed by atoms with Crippen molar-refractivity contribution in [2.75, 3.05) is 23.4 Å². The van der Waals surface area contributed by atoms with E-state index in [-0.39, 0.29) is 10.6 Å². The summed E-state index contributed by atoms with van der Waals surface area (Å²) >= 11 is 5.42. The molecule has 1 aromatic rings. The average molecular weight is 331 g/mol. The van der Waals surface area contributed by atoms with Gasteiger partial charge in [0.05, 0.1) is 10.6 Å². The molecular weight excluding hydrogens is 316 g/mol. The van der Waals surface area contributed by atoms with Crippen LogP contribution in [0.1, 0.15) is 12.0 Å². The van der Waals surface area contributed by atoms with E-state index in [1.165, 1.54) is 17.9 Å². The molecule has 1 aliphatic rings. The molecule has 0 saturated carbocycles. The van der Waals surface area contributed by atoms with Crippen LogP contribution in [0.2, 0.25) is 0 Å². The van der Waals surface area contributed by atoms with E-state index in [2.05, 4.69) is 21.2 Å². The summed E-state index contributed by atoms with van der Waals surface area (Å²) in [6, 6.07) is 3.41. The number of hydrogen-bond acceptors (Lipinski definition) is 4. The van der Waals surface area contributed by atoms with Crippen LogP contribution in [-0.4, -0.2) is 23.0 Å². The third kappa shape index (κ3) is 3.17. The highest BCUT2D eigenvalue weighted by molar-refractivity contribution is 9.10. The van der Waals surface area contributed by atoms with Crippen LogP contribution in [0.3, 0.4) is 0 Å². The smallest absolute Gasteiger partial charge is 0.274 e. The fourth-order valence-corrected chi connectivity index (χ4v) is 3.87. The molecule has 1 N–H and O–H groups in total. The van der Waals surface area contributed by atoms with Crippen molar-refractivity contribution in [2.24, 2.45) is 5.92 Å². The van der Waals surface area contributed by atoms with Crippen molar-refractivity contribution < 1.29 is 4.92 Å². The van der Waals surface area contributed by atoms with Gasteiger partial charge in [0.25, 0.3) is 5.69 Å². The van der Waals surface area contributed by atoms with E-state index in [1.807, 2.05) is 11.8 Å². The predicted octanol–water partition coefficient (Wildman–Crippen LogP) is 3.83. The molecule has 1 aliphatic heterocycles. The normalized spacial score (nSPS) is 18.9. The van der Waals surface area contributed by atoms with Gasteiger partial charge in [-0.3, -0.25) is 10.1 Å².